The number of imidazole rings is 1. The summed E-state index contributed by atoms with van der Waals surface area (Å²) in [7, 11) is 1.70. The van der Waals surface area contributed by atoms with E-state index in [0.717, 1.165) is 68.2 Å². The quantitative estimate of drug-likeness (QED) is 0.306. The summed E-state index contributed by atoms with van der Waals surface area (Å²) in [5.74, 6) is 1.45. The molecule has 0 unspecified atom stereocenters. The molecule has 4 aromatic rings. The molecular weight excluding hydrogens is 484 g/mol. The van der Waals surface area contributed by atoms with Crippen LogP contribution >= 0.6 is 0 Å². The van der Waals surface area contributed by atoms with Crippen LogP contribution in [0.3, 0.4) is 0 Å². The van der Waals surface area contributed by atoms with Crippen LogP contribution in [0.15, 0.2) is 60.8 Å². The van der Waals surface area contributed by atoms with Crippen LogP contribution in [0.25, 0.3) is 28.0 Å². The maximum atomic E-state index is 13.0. The number of carbonyl (C=O) groups is 1. The Morgan fingerprint density at radius 1 is 0.949 bits per heavy atom. The lowest BCUT2D eigenvalue weighted by Gasteiger charge is -2.36. The van der Waals surface area contributed by atoms with Crippen molar-refractivity contribution in [1.29, 1.82) is 0 Å². The second kappa shape index (κ2) is 10.9. The first kappa shape index (κ1) is 25.6. The van der Waals surface area contributed by atoms with Gasteiger partial charge in [0.15, 0.2) is 0 Å². The number of benzene rings is 2. The van der Waals surface area contributed by atoms with Crippen LogP contribution in [0.2, 0.25) is 0 Å². The lowest BCUT2D eigenvalue weighted by molar-refractivity contribution is -0.137. The molecule has 1 amide bonds. The van der Waals surface area contributed by atoms with E-state index in [4.69, 9.17) is 9.72 Å². The van der Waals surface area contributed by atoms with E-state index < -0.39 is 0 Å². The number of aryl methyl sites for hydroxylation is 2. The molecule has 1 aliphatic carbocycles. The second-order valence-electron chi connectivity index (χ2n) is 11.2. The van der Waals surface area contributed by atoms with Gasteiger partial charge in [0.1, 0.15) is 11.4 Å². The van der Waals surface area contributed by atoms with Crippen LogP contribution in [-0.2, 0) is 11.3 Å². The van der Waals surface area contributed by atoms with Crippen LogP contribution in [0.1, 0.15) is 42.5 Å². The first-order valence-electron chi connectivity index (χ1n) is 14.2. The number of hydrogen-bond acceptors (Lipinski definition) is 4. The van der Waals surface area contributed by atoms with Crippen molar-refractivity contribution in [3.8, 4) is 28.1 Å². The first-order chi connectivity index (χ1) is 19.0. The molecule has 6 nitrogen and oxygen atoms in total. The highest BCUT2D eigenvalue weighted by Gasteiger charge is 2.30. The number of hydrogen-bond donors (Lipinski definition) is 0. The summed E-state index contributed by atoms with van der Waals surface area (Å²) in [4.78, 5) is 22.7. The fourth-order valence-electron chi connectivity index (χ4n) is 6.22. The number of ether oxygens (including phenoxy) is 1. The number of aromatic nitrogens is 2. The zero-order valence-electron chi connectivity index (χ0n) is 23.3. The summed E-state index contributed by atoms with van der Waals surface area (Å²) in [5.41, 5.74) is 9.09. The van der Waals surface area contributed by atoms with Crippen LogP contribution in [0.4, 0.5) is 0 Å². The van der Waals surface area contributed by atoms with Crippen LogP contribution < -0.4 is 4.74 Å². The molecule has 0 radical (unpaired) electrons. The van der Waals surface area contributed by atoms with E-state index in [0.29, 0.717) is 5.91 Å². The molecule has 3 heterocycles. The molecule has 0 spiro atoms. The Hall–Kier alpha value is -3.64. The van der Waals surface area contributed by atoms with Crippen LogP contribution in [-0.4, -0.2) is 58.4 Å². The van der Waals surface area contributed by atoms with Crippen molar-refractivity contribution in [2.75, 3.05) is 33.3 Å². The maximum absolute atomic E-state index is 13.0. The minimum atomic E-state index is 0.249. The van der Waals surface area contributed by atoms with Gasteiger partial charge >= 0.3 is 0 Å². The van der Waals surface area contributed by atoms with E-state index in [1.54, 1.807) is 7.11 Å². The summed E-state index contributed by atoms with van der Waals surface area (Å²) in [6, 6.07) is 19.1. The van der Waals surface area contributed by atoms with Crippen molar-refractivity contribution >= 4 is 11.6 Å². The Bertz CT molecular complexity index is 1490. The third-order valence-electron chi connectivity index (χ3n) is 8.53. The van der Waals surface area contributed by atoms with Crippen molar-refractivity contribution < 1.29 is 9.53 Å². The van der Waals surface area contributed by atoms with Gasteiger partial charge in [-0.05, 0) is 67.6 Å². The van der Waals surface area contributed by atoms with Gasteiger partial charge < -0.3 is 14.0 Å². The number of piperazine rings is 1. The molecule has 0 atom stereocenters. The van der Waals surface area contributed by atoms with Gasteiger partial charge in [-0.15, -0.1) is 0 Å². The van der Waals surface area contributed by atoms with Gasteiger partial charge in [-0.3, -0.25) is 9.69 Å². The molecule has 6 rings (SSSR count). The zero-order chi connectivity index (χ0) is 26.9. The van der Waals surface area contributed by atoms with E-state index in [-0.39, 0.29) is 5.92 Å². The van der Waals surface area contributed by atoms with Gasteiger partial charge in [-0.25, -0.2) is 4.98 Å². The fraction of sp³-hybridized carbons (Fsp3) is 0.394. The first-order valence-corrected chi connectivity index (χ1v) is 14.2. The van der Waals surface area contributed by atoms with Gasteiger partial charge in [-0.1, -0.05) is 48.7 Å². The summed E-state index contributed by atoms with van der Waals surface area (Å²) in [6.45, 7) is 8.43. The van der Waals surface area contributed by atoms with Crippen molar-refractivity contribution in [1.82, 2.24) is 19.2 Å². The molecule has 6 heteroatoms. The minimum absolute atomic E-state index is 0.249. The zero-order valence-corrected chi connectivity index (χ0v) is 23.3. The van der Waals surface area contributed by atoms with Crippen LogP contribution in [0.5, 0.6) is 5.75 Å². The van der Waals surface area contributed by atoms with E-state index in [1.165, 1.54) is 40.8 Å². The van der Waals surface area contributed by atoms with Crippen molar-refractivity contribution in [3.05, 3.63) is 77.6 Å². The molecule has 1 aliphatic heterocycles. The van der Waals surface area contributed by atoms with Crippen molar-refractivity contribution in [2.24, 2.45) is 5.92 Å². The predicted octanol–water partition coefficient (Wildman–Crippen LogP) is 6.13. The number of nitrogens with zero attached hydrogens (tertiary/aromatic N) is 4. The molecule has 0 bridgehead atoms. The van der Waals surface area contributed by atoms with Gasteiger partial charge in [0.25, 0.3) is 0 Å². The SMILES string of the molecule is COc1cccc(-c2nc3ccc(-c4cc(C)ccc4C)cn3c2CN2CCN(C(=O)C3CCCC3)CC2)c1. The lowest BCUT2D eigenvalue weighted by Crippen LogP contribution is -2.49. The number of pyridine rings is 1. The Morgan fingerprint density at radius 2 is 1.74 bits per heavy atom. The highest BCUT2D eigenvalue weighted by Crippen LogP contribution is 2.32. The summed E-state index contributed by atoms with van der Waals surface area (Å²) in [5, 5.41) is 0. The van der Waals surface area contributed by atoms with Crippen molar-refractivity contribution in [3.63, 3.8) is 0 Å². The molecule has 1 saturated carbocycles. The highest BCUT2D eigenvalue weighted by atomic mass is 16.5. The normalized spacial score (nSPS) is 16.7. The predicted molar refractivity (Wildman–Crippen MR) is 156 cm³/mol. The third kappa shape index (κ3) is 5.18. The van der Waals surface area contributed by atoms with E-state index in [9.17, 15) is 4.79 Å². The number of amides is 1. The standard InChI is InChI=1S/C33H38N4O2/c1-23-11-12-24(2)29(19-23)27-13-14-31-34-32(26-9-6-10-28(20-26)39-3)30(37(31)21-27)22-35-15-17-36(18-16-35)33(38)25-7-4-5-8-25/h6,9-14,19-21,25H,4-5,7-8,15-18,22H2,1-3H3. The Balaban J connectivity index is 1.34. The molecule has 0 N–H and O–H groups in total. The average Bonchev–Trinajstić information content (AvgIpc) is 3.63. The molecule has 2 aromatic carbocycles. The summed E-state index contributed by atoms with van der Waals surface area (Å²) in [6.07, 6.45) is 6.76. The van der Waals surface area contributed by atoms with Crippen LogP contribution in [0, 0.1) is 19.8 Å². The number of rotatable bonds is 6. The summed E-state index contributed by atoms with van der Waals surface area (Å²) >= 11 is 0. The molecule has 2 fully saturated rings. The molecule has 39 heavy (non-hydrogen) atoms. The van der Waals surface area contributed by atoms with Gasteiger partial charge in [-0.2, -0.15) is 0 Å². The molecular formula is C33H38N4O2. The van der Waals surface area contributed by atoms with E-state index in [2.05, 4.69) is 76.7 Å². The number of carbonyl (C=O) groups excluding carboxylic acids is 1. The van der Waals surface area contributed by atoms with Crippen molar-refractivity contribution in [2.45, 2.75) is 46.1 Å². The molecule has 2 aromatic heterocycles. The van der Waals surface area contributed by atoms with Gasteiger partial charge in [0.05, 0.1) is 18.5 Å². The highest BCUT2D eigenvalue weighted by molar-refractivity contribution is 5.79. The Kier molecular flexibility index (Phi) is 7.13. The third-order valence-corrected chi connectivity index (χ3v) is 8.53. The van der Waals surface area contributed by atoms with E-state index in [1.807, 2.05) is 12.1 Å². The summed E-state index contributed by atoms with van der Waals surface area (Å²) < 4.78 is 7.80. The smallest absolute Gasteiger partial charge is 0.225 e. The topological polar surface area (TPSA) is 50.1 Å². The monoisotopic (exact) mass is 522 g/mol. The minimum Gasteiger partial charge on any atom is -0.497 e. The molecule has 202 valence electrons. The maximum Gasteiger partial charge on any atom is 0.225 e. The number of methoxy groups -OCH3 is 1. The fourth-order valence-corrected chi connectivity index (χ4v) is 6.22. The lowest BCUT2D eigenvalue weighted by atomic mass is 10.00. The Morgan fingerprint density at radius 3 is 2.51 bits per heavy atom. The Labute approximate surface area is 231 Å². The average molecular weight is 523 g/mol. The molecule has 2 aliphatic rings. The van der Waals surface area contributed by atoms with E-state index >= 15 is 0 Å². The molecule has 1 saturated heterocycles. The van der Waals surface area contributed by atoms with Gasteiger partial charge in [0.2, 0.25) is 5.91 Å². The second-order valence-corrected chi connectivity index (χ2v) is 11.2. The van der Waals surface area contributed by atoms with Gasteiger partial charge in [0, 0.05) is 50.4 Å². The largest absolute Gasteiger partial charge is 0.497 e. The number of fused-ring (bicyclic) bond motifs is 1.